The average Bonchev–Trinajstić information content (AvgIpc) is 2.73. The smallest absolute Gasteiger partial charge is 0.238 e. The number of thioether (sulfide) groups is 1. The van der Waals surface area contributed by atoms with E-state index in [9.17, 15) is 4.79 Å². The number of rotatable bonds is 4. The summed E-state index contributed by atoms with van der Waals surface area (Å²) in [6, 6.07) is 3.32. The summed E-state index contributed by atoms with van der Waals surface area (Å²) < 4.78 is 4.88. The van der Waals surface area contributed by atoms with Gasteiger partial charge in [-0.15, -0.1) is 0 Å². The summed E-state index contributed by atoms with van der Waals surface area (Å²) in [5, 5.41) is 6.46. The molecule has 1 unspecified atom stereocenters. The zero-order chi connectivity index (χ0) is 14.7. The molecule has 0 saturated heterocycles. The van der Waals surface area contributed by atoms with Gasteiger partial charge < -0.3 is 15.6 Å². The minimum absolute atomic E-state index is 0.202. The number of nitrogens with zero attached hydrogens (tertiary/aromatic N) is 3. The zero-order valence-corrected chi connectivity index (χ0v) is 12.2. The molecule has 0 fully saturated rings. The normalized spacial score (nSPS) is 12.2. The highest BCUT2D eigenvalue weighted by atomic mass is 32.2. The van der Waals surface area contributed by atoms with E-state index in [4.69, 9.17) is 10.3 Å². The van der Waals surface area contributed by atoms with E-state index in [1.807, 2.05) is 6.92 Å². The van der Waals surface area contributed by atoms with Crippen LogP contribution in [-0.4, -0.2) is 26.3 Å². The van der Waals surface area contributed by atoms with Crippen molar-refractivity contribution in [3.8, 4) is 0 Å². The predicted molar refractivity (Wildman–Crippen MR) is 76.4 cm³/mol. The number of carbonyl (C=O) groups is 1. The maximum absolute atomic E-state index is 12.0. The van der Waals surface area contributed by atoms with E-state index in [1.165, 1.54) is 11.8 Å². The Morgan fingerprint density at radius 1 is 1.40 bits per heavy atom. The molecule has 0 radical (unpaired) electrons. The molecular formula is C12H15N5O2S. The maximum Gasteiger partial charge on any atom is 0.238 e. The maximum atomic E-state index is 12.0. The second-order valence-electron chi connectivity index (χ2n) is 4.29. The molecule has 2 heterocycles. The van der Waals surface area contributed by atoms with Crippen LogP contribution >= 0.6 is 11.8 Å². The summed E-state index contributed by atoms with van der Waals surface area (Å²) in [7, 11) is 0. The number of nitrogens with one attached hydrogen (secondary N) is 1. The Labute approximate surface area is 120 Å². The van der Waals surface area contributed by atoms with Gasteiger partial charge in [0.25, 0.3) is 0 Å². The predicted octanol–water partition coefficient (Wildman–Crippen LogP) is 1.78. The first-order valence-corrected chi connectivity index (χ1v) is 6.84. The van der Waals surface area contributed by atoms with Crippen molar-refractivity contribution in [1.29, 1.82) is 0 Å². The lowest BCUT2D eigenvalue weighted by molar-refractivity contribution is -0.115. The number of carbonyl (C=O) groups excluding carboxylic acids is 1. The van der Waals surface area contributed by atoms with Gasteiger partial charge in [-0.05, 0) is 20.8 Å². The van der Waals surface area contributed by atoms with E-state index in [1.54, 1.807) is 26.0 Å². The number of nitrogens with two attached hydrogens (primary N) is 1. The highest BCUT2D eigenvalue weighted by Gasteiger charge is 2.17. The number of nitrogen functional groups attached to an aromatic ring is 1. The summed E-state index contributed by atoms with van der Waals surface area (Å²) in [6.45, 7) is 5.34. The molecule has 0 saturated carbocycles. The van der Waals surface area contributed by atoms with Gasteiger partial charge in [0.1, 0.15) is 11.6 Å². The molecule has 0 spiro atoms. The molecule has 2 aromatic rings. The second kappa shape index (κ2) is 5.91. The molecule has 0 aliphatic carbocycles. The fourth-order valence-corrected chi connectivity index (χ4v) is 2.32. The number of aromatic nitrogens is 3. The molecule has 2 aromatic heterocycles. The van der Waals surface area contributed by atoms with E-state index in [-0.39, 0.29) is 11.2 Å². The SMILES string of the molecule is Cc1cc(N)nc(SC(C)C(=O)Nc2cc(C)on2)n1. The molecule has 0 aliphatic heterocycles. The molecule has 106 valence electrons. The van der Waals surface area contributed by atoms with Crippen molar-refractivity contribution in [2.45, 2.75) is 31.2 Å². The third-order valence-corrected chi connectivity index (χ3v) is 3.35. The molecule has 1 amide bonds. The summed E-state index contributed by atoms with van der Waals surface area (Å²) in [5.41, 5.74) is 6.41. The van der Waals surface area contributed by atoms with Crippen LogP contribution in [0.25, 0.3) is 0 Å². The lowest BCUT2D eigenvalue weighted by atomic mass is 10.4. The van der Waals surface area contributed by atoms with Crippen LogP contribution in [-0.2, 0) is 4.79 Å². The third-order valence-electron chi connectivity index (χ3n) is 2.38. The standard InChI is InChI=1S/C12H15N5O2S/c1-6-4-9(13)15-12(14-6)20-8(3)11(18)16-10-5-7(2)19-17-10/h4-5,8H,1-3H3,(H2,13,14,15)(H,16,17,18). The Bertz CT molecular complexity index is 608. The minimum Gasteiger partial charge on any atom is -0.384 e. The van der Waals surface area contributed by atoms with Gasteiger partial charge in [-0.2, -0.15) is 0 Å². The van der Waals surface area contributed by atoms with Crippen LogP contribution in [0.4, 0.5) is 11.6 Å². The fourth-order valence-electron chi connectivity index (χ4n) is 1.48. The van der Waals surface area contributed by atoms with Gasteiger partial charge in [-0.3, -0.25) is 4.79 Å². The number of hydrogen-bond donors (Lipinski definition) is 2. The first-order valence-electron chi connectivity index (χ1n) is 5.96. The Kier molecular flexibility index (Phi) is 4.23. The van der Waals surface area contributed by atoms with E-state index in [2.05, 4.69) is 20.4 Å². The zero-order valence-electron chi connectivity index (χ0n) is 11.4. The molecule has 7 nitrogen and oxygen atoms in total. The van der Waals surface area contributed by atoms with E-state index in [0.717, 1.165) is 5.69 Å². The van der Waals surface area contributed by atoms with E-state index < -0.39 is 0 Å². The van der Waals surface area contributed by atoms with Gasteiger partial charge in [0.05, 0.1) is 5.25 Å². The fraction of sp³-hybridized carbons (Fsp3) is 0.333. The highest BCUT2D eigenvalue weighted by Crippen LogP contribution is 2.21. The lowest BCUT2D eigenvalue weighted by Gasteiger charge is -2.09. The van der Waals surface area contributed by atoms with Crippen molar-refractivity contribution in [3.63, 3.8) is 0 Å². The molecule has 1 atom stereocenters. The van der Waals surface area contributed by atoms with Gasteiger partial charge >= 0.3 is 0 Å². The van der Waals surface area contributed by atoms with Crippen molar-refractivity contribution in [3.05, 3.63) is 23.6 Å². The Morgan fingerprint density at radius 2 is 2.15 bits per heavy atom. The van der Waals surface area contributed by atoms with Crippen LogP contribution in [0.1, 0.15) is 18.4 Å². The van der Waals surface area contributed by atoms with Crippen LogP contribution in [0.15, 0.2) is 21.8 Å². The number of hydrogen-bond acceptors (Lipinski definition) is 7. The first-order chi connectivity index (χ1) is 9.44. The van der Waals surface area contributed by atoms with Crippen molar-refractivity contribution < 1.29 is 9.32 Å². The van der Waals surface area contributed by atoms with Gasteiger partial charge in [0, 0.05) is 17.8 Å². The minimum atomic E-state index is -0.381. The van der Waals surface area contributed by atoms with E-state index >= 15 is 0 Å². The molecule has 20 heavy (non-hydrogen) atoms. The Morgan fingerprint density at radius 3 is 2.75 bits per heavy atom. The monoisotopic (exact) mass is 293 g/mol. The van der Waals surface area contributed by atoms with Crippen LogP contribution in [0, 0.1) is 13.8 Å². The van der Waals surface area contributed by atoms with Gasteiger partial charge in [-0.25, -0.2) is 9.97 Å². The third kappa shape index (κ3) is 3.70. The molecule has 0 aliphatic rings. The quantitative estimate of drug-likeness (QED) is 0.653. The van der Waals surface area contributed by atoms with E-state index in [0.29, 0.717) is 22.6 Å². The van der Waals surface area contributed by atoms with Crippen LogP contribution in [0.2, 0.25) is 0 Å². The largest absolute Gasteiger partial charge is 0.384 e. The summed E-state index contributed by atoms with van der Waals surface area (Å²) in [4.78, 5) is 20.3. The molecule has 0 bridgehead atoms. The van der Waals surface area contributed by atoms with Crippen molar-refractivity contribution in [2.75, 3.05) is 11.1 Å². The number of anilines is 2. The molecule has 0 aromatic carbocycles. The summed E-state index contributed by atoms with van der Waals surface area (Å²) >= 11 is 1.23. The number of amides is 1. The summed E-state index contributed by atoms with van der Waals surface area (Å²) in [6.07, 6.45) is 0. The first kappa shape index (κ1) is 14.3. The molecule has 3 N–H and O–H groups in total. The van der Waals surface area contributed by atoms with Crippen molar-refractivity contribution >= 4 is 29.3 Å². The highest BCUT2D eigenvalue weighted by molar-refractivity contribution is 8.00. The van der Waals surface area contributed by atoms with Gasteiger partial charge in [-0.1, -0.05) is 16.9 Å². The molecule has 8 heteroatoms. The average molecular weight is 293 g/mol. The van der Waals surface area contributed by atoms with Crippen molar-refractivity contribution in [1.82, 2.24) is 15.1 Å². The van der Waals surface area contributed by atoms with Crippen LogP contribution < -0.4 is 11.1 Å². The van der Waals surface area contributed by atoms with Crippen LogP contribution in [0.3, 0.4) is 0 Å². The topological polar surface area (TPSA) is 107 Å². The van der Waals surface area contributed by atoms with Gasteiger partial charge in [0.15, 0.2) is 11.0 Å². The van der Waals surface area contributed by atoms with Crippen molar-refractivity contribution in [2.24, 2.45) is 0 Å². The number of aryl methyl sites for hydroxylation is 2. The van der Waals surface area contributed by atoms with Crippen LogP contribution in [0.5, 0.6) is 0 Å². The Balaban J connectivity index is 2.00. The lowest BCUT2D eigenvalue weighted by Crippen LogP contribution is -2.22. The summed E-state index contributed by atoms with van der Waals surface area (Å²) in [5.74, 6) is 1.21. The Hall–Kier alpha value is -2.09. The second-order valence-corrected chi connectivity index (χ2v) is 5.60. The molecule has 2 rings (SSSR count). The molecular weight excluding hydrogens is 278 g/mol. The van der Waals surface area contributed by atoms with Gasteiger partial charge in [0.2, 0.25) is 5.91 Å².